The van der Waals surface area contributed by atoms with E-state index in [1.165, 1.54) is 16.2 Å². The first-order valence-electron chi connectivity index (χ1n) is 5.25. The number of hydrogen-bond acceptors (Lipinski definition) is 4. The Morgan fingerprint density at radius 3 is 3.06 bits per heavy atom. The molecule has 2 N–H and O–H groups in total. The maximum absolute atomic E-state index is 11.9. The van der Waals surface area contributed by atoms with Crippen molar-refractivity contribution in [3.05, 3.63) is 26.0 Å². The minimum absolute atomic E-state index is 0.220. The summed E-state index contributed by atoms with van der Waals surface area (Å²) in [4.78, 5) is 31.0. The van der Waals surface area contributed by atoms with Gasteiger partial charge in [-0.3, -0.25) is 9.69 Å². The first-order chi connectivity index (χ1) is 8.56. The van der Waals surface area contributed by atoms with Crippen LogP contribution in [0.1, 0.15) is 18.3 Å². The number of likely N-dealkylation sites (tertiary alicyclic amines) is 1. The summed E-state index contributed by atoms with van der Waals surface area (Å²) in [5.74, 6) is 0.423. The molecule has 3 rings (SSSR count). The molecule has 1 amide bonds. The molecule has 0 saturated carbocycles. The third-order valence-electron chi connectivity index (χ3n) is 2.95. The van der Waals surface area contributed by atoms with Gasteiger partial charge in [-0.05, 0) is 28.4 Å². The van der Waals surface area contributed by atoms with Gasteiger partial charge in [0.2, 0.25) is 0 Å². The molecule has 1 atom stereocenters. The summed E-state index contributed by atoms with van der Waals surface area (Å²) in [6, 6.07) is 1.43. The van der Waals surface area contributed by atoms with Crippen molar-refractivity contribution in [3.63, 3.8) is 0 Å². The van der Waals surface area contributed by atoms with Gasteiger partial charge in [0.25, 0.3) is 5.56 Å². The molecule has 2 aromatic heterocycles. The number of amides is 1. The smallest absolute Gasteiger partial charge is 0.407 e. The Bertz CT molecular complexity index is 695. The van der Waals surface area contributed by atoms with Crippen LogP contribution in [0.2, 0.25) is 0 Å². The van der Waals surface area contributed by atoms with Crippen LogP contribution in [0, 0.1) is 0 Å². The largest absolute Gasteiger partial charge is 0.465 e. The maximum atomic E-state index is 11.9. The predicted octanol–water partition coefficient (Wildman–Crippen LogP) is 2.17. The van der Waals surface area contributed by atoms with Crippen LogP contribution in [0.25, 0.3) is 10.2 Å². The Labute approximate surface area is 113 Å². The molecule has 2 aromatic rings. The normalized spacial score (nSPS) is 18.9. The van der Waals surface area contributed by atoms with Gasteiger partial charge in [-0.2, -0.15) is 0 Å². The number of carboxylic acid groups (broad SMARTS) is 1. The fourth-order valence-corrected chi connectivity index (χ4v) is 3.41. The standard InChI is InChI=1S/C10H8BrN3O3S/c11-6-3-4-7(18-6)9(15)13-8(12-4)5-1-2-14(5)10(16)17/h3,5H,1-2H2,(H,16,17)(H,12,13,15)/t5-/m0/s1. The van der Waals surface area contributed by atoms with Gasteiger partial charge < -0.3 is 10.1 Å². The molecule has 1 aliphatic heterocycles. The van der Waals surface area contributed by atoms with E-state index >= 15 is 0 Å². The predicted molar refractivity (Wildman–Crippen MR) is 70.0 cm³/mol. The molecule has 0 unspecified atom stereocenters. The molecule has 1 saturated heterocycles. The van der Waals surface area contributed by atoms with Crippen molar-refractivity contribution in [2.75, 3.05) is 6.54 Å². The van der Waals surface area contributed by atoms with E-state index in [1.807, 2.05) is 0 Å². The quantitative estimate of drug-likeness (QED) is 0.839. The Balaban J connectivity index is 2.08. The van der Waals surface area contributed by atoms with Crippen LogP contribution in [0.15, 0.2) is 14.6 Å². The number of carbonyl (C=O) groups is 1. The van der Waals surface area contributed by atoms with Gasteiger partial charge in [0.15, 0.2) is 0 Å². The topological polar surface area (TPSA) is 86.3 Å². The number of nitrogens with one attached hydrogen (secondary N) is 1. The molecule has 0 radical (unpaired) electrons. The average Bonchev–Trinajstić information content (AvgIpc) is 2.56. The van der Waals surface area contributed by atoms with Gasteiger partial charge in [-0.1, -0.05) is 0 Å². The van der Waals surface area contributed by atoms with Crippen LogP contribution in [0.5, 0.6) is 0 Å². The highest BCUT2D eigenvalue weighted by molar-refractivity contribution is 9.11. The van der Waals surface area contributed by atoms with Crippen molar-refractivity contribution in [1.29, 1.82) is 0 Å². The van der Waals surface area contributed by atoms with Crippen molar-refractivity contribution in [2.45, 2.75) is 12.5 Å². The van der Waals surface area contributed by atoms with E-state index in [0.29, 0.717) is 29.0 Å². The fraction of sp³-hybridized carbons (Fsp3) is 0.300. The summed E-state index contributed by atoms with van der Waals surface area (Å²) in [6.45, 7) is 0.481. The number of aromatic amines is 1. The fourth-order valence-electron chi connectivity index (χ4n) is 1.99. The van der Waals surface area contributed by atoms with Crippen molar-refractivity contribution in [1.82, 2.24) is 14.9 Å². The zero-order valence-corrected chi connectivity index (χ0v) is 11.4. The lowest BCUT2D eigenvalue weighted by molar-refractivity contribution is 0.0714. The molecule has 8 heteroatoms. The molecule has 18 heavy (non-hydrogen) atoms. The molecule has 94 valence electrons. The van der Waals surface area contributed by atoms with Gasteiger partial charge in [0.1, 0.15) is 10.5 Å². The Morgan fingerprint density at radius 1 is 1.67 bits per heavy atom. The zero-order chi connectivity index (χ0) is 12.9. The van der Waals surface area contributed by atoms with Crippen LogP contribution >= 0.6 is 27.3 Å². The Hall–Kier alpha value is -1.41. The molecular formula is C10H8BrN3O3S. The molecule has 0 spiro atoms. The van der Waals surface area contributed by atoms with Gasteiger partial charge in [0.05, 0.1) is 15.3 Å². The van der Waals surface area contributed by atoms with Gasteiger partial charge >= 0.3 is 6.09 Å². The molecular weight excluding hydrogens is 322 g/mol. The Morgan fingerprint density at radius 2 is 2.44 bits per heavy atom. The molecule has 3 heterocycles. The molecule has 0 bridgehead atoms. The lowest BCUT2D eigenvalue weighted by Gasteiger charge is -2.37. The highest BCUT2D eigenvalue weighted by atomic mass is 79.9. The number of aromatic nitrogens is 2. The second-order valence-electron chi connectivity index (χ2n) is 4.00. The van der Waals surface area contributed by atoms with Crippen LogP contribution in [0.3, 0.4) is 0 Å². The van der Waals surface area contributed by atoms with Crippen LogP contribution < -0.4 is 5.56 Å². The van der Waals surface area contributed by atoms with E-state index in [4.69, 9.17) is 5.11 Å². The molecule has 1 fully saturated rings. The molecule has 1 aliphatic rings. The first-order valence-corrected chi connectivity index (χ1v) is 6.86. The number of fused-ring (bicyclic) bond motifs is 1. The van der Waals surface area contributed by atoms with E-state index in [9.17, 15) is 9.59 Å². The summed E-state index contributed by atoms with van der Waals surface area (Å²) >= 11 is 4.62. The third-order valence-corrected chi connectivity index (χ3v) is 4.58. The highest BCUT2D eigenvalue weighted by Gasteiger charge is 2.35. The Kier molecular flexibility index (Phi) is 2.63. The lowest BCUT2D eigenvalue weighted by atomic mass is 10.0. The van der Waals surface area contributed by atoms with Crippen LogP contribution in [0.4, 0.5) is 4.79 Å². The summed E-state index contributed by atoms with van der Waals surface area (Å²) in [6.07, 6.45) is -0.299. The second-order valence-corrected chi connectivity index (χ2v) is 6.43. The first kappa shape index (κ1) is 11.7. The summed E-state index contributed by atoms with van der Waals surface area (Å²) < 4.78 is 1.38. The van der Waals surface area contributed by atoms with E-state index in [0.717, 1.165) is 3.79 Å². The second kappa shape index (κ2) is 4.06. The molecule has 6 nitrogen and oxygen atoms in total. The number of halogens is 1. The van der Waals surface area contributed by atoms with Crippen LogP contribution in [-0.2, 0) is 0 Å². The number of thiophene rings is 1. The monoisotopic (exact) mass is 329 g/mol. The minimum atomic E-state index is -0.986. The lowest BCUT2D eigenvalue weighted by Crippen LogP contribution is -2.45. The zero-order valence-electron chi connectivity index (χ0n) is 9.01. The minimum Gasteiger partial charge on any atom is -0.465 e. The van der Waals surface area contributed by atoms with Crippen molar-refractivity contribution >= 4 is 43.6 Å². The third kappa shape index (κ3) is 1.72. The molecule has 0 aromatic carbocycles. The van der Waals surface area contributed by atoms with Crippen LogP contribution in [-0.4, -0.2) is 32.6 Å². The summed E-state index contributed by atoms with van der Waals surface area (Å²) in [7, 11) is 0. The SMILES string of the molecule is O=C(O)N1CC[C@H]1c1nc2cc(Br)sc2c(=O)[nH]1. The van der Waals surface area contributed by atoms with Gasteiger partial charge in [-0.15, -0.1) is 11.3 Å². The summed E-state index contributed by atoms with van der Waals surface area (Å²) in [5.41, 5.74) is 0.380. The van der Waals surface area contributed by atoms with Crippen molar-refractivity contribution in [2.24, 2.45) is 0 Å². The number of rotatable bonds is 1. The number of hydrogen-bond donors (Lipinski definition) is 2. The van der Waals surface area contributed by atoms with E-state index in [1.54, 1.807) is 6.07 Å². The maximum Gasteiger partial charge on any atom is 0.407 e. The van der Waals surface area contributed by atoms with Crippen molar-refractivity contribution in [3.8, 4) is 0 Å². The highest BCUT2D eigenvalue weighted by Crippen LogP contribution is 2.32. The van der Waals surface area contributed by atoms with Crippen molar-refractivity contribution < 1.29 is 9.90 Å². The number of H-pyrrole nitrogens is 1. The number of nitrogens with zero attached hydrogens (tertiary/aromatic N) is 2. The molecule has 0 aliphatic carbocycles. The summed E-state index contributed by atoms with van der Waals surface area (Å²) in [5, 5.41) is 8.95. The van der Waals surface area contributed by atoms with E-state index in [2.05, 4.69) is 25.9 Å². The van der Waals surface area contributed by atoms with E-state index < -0.39 is 6.09 Å². The van der Waals surface area contributed by atoms with Gasteiger partial charge in [0, 0.05) is 6.54 Å². The van der Waals surface area contributed by atoms with E-state index in [-0.39, 0.29) is 11.6 Å². The van der Waals surface area contributed by atoms with Gasteiger partial charge in [-0.25, -0.2) is 9.78 Å². The average molecular weight is 330 g/mol.